The molecule has 0 N–H and O–H groups in total. The zero-order chi connectivity index (χ0) is 16.5. The Labute approximate surface area is 143 Å². The topological polar surface area (TPSA) is 48.7 Å². The molecule has 3 aromatic heterocycles. The summed E-state index contributed by atoms with van der Waals surface area (Å²) in [5.41, 5.74) is 3.06. The first-order valence-corrected chi connectivity index (χ1v) is 8.33. The standard InChI is InChI=1S/C18H15N3O2S/c1-12-17(21-9-3-8-19-18(21)20-12)13-10-16(24-11-13)23-15-6-4-14(22-2)5-7-15/h3-11H,1-2H3. The predicted molar refractivity (Wildman–Crippen MR) is 94.1 cm³/mol. The average molecular weight is 337 g/mol. The number of hydrogen-bond acceptors (Lipinski definition) is 5. The molecule has 120 valence electrons. The maximum absolute atomic E-state index is 5.93. The highest BCUT2D eigenvalue weighted by Crippen LogP contribution is 2.35. The summed E-state index contributed by atoms with van der Waals surface area (Å²) in [6, 6.07) is 11.5. The normalized spacial score (nSPS) is 10.9. The molecule has 4 rings (SSSR count). The van der Waals surface area contributed by atoms with E-state index < -0.39 is 0 Å². The molecule has 0 atom stereocenters. The Morgan fingerprint density at radius 1 is 1.12 bits per heavy atom. The summed E-state index contributed by atoms with van der Waals surface area (Å²) in [4.78, 5) is 8.79. The third kappa shape index (κ3) is 2.61. The van der Waals surface area contributed by atoms with E-state index in [-0.39, 0.29) is 0 Å². The molecule has 0 saturated heterocycles. The summed E-state index contributed by atoms with van der Waals surface area (Å²) in [7, 11) is 1.65. The van der Waals surface area contributed by atoms with Gasteiger partial charge < -0.3 is 9.47 Å². The van der Waals surface area contributed by atoms with Gasteiger partial charge in [-0.1, -0.05) is 0 Å². The number of aromatic nitrogens is 3. The second-order valence-corrected chi connectivity index (χ2v) is 6.14. The SMILES string of the molecule is COc1ccc(Oc2cc(-c3c(C)nc4ncccn34)cs2)cc1. The molecule has 6 heteroatoms. The minimum Gasteiger partial charge on any atom is -0.497 e. The van der Waals surface area contributed by atoms with Gasteiger partial charge in [0.15, 0.2) is 5.06 Å². The molecule has 0 fully saturated rings. The van der Waals surface area contributed by atoms with Crippen LogP contribution in [0.1, 0.15) is 5.69 Å². The third-order valence-corrected chi connectivity index (χ3v) is 4.51. The van der Waals surface area contributed by atoms with Crippen molar-refractivity contribution in [3.05, 3.63) is 59.9 Å². The molecular weight excluding hydrogens is 322 g/mol. The molecule has 0 unspecified atom stereocenters. The largest absolute Gasteiger partial charge is 0.497 e. The minimum atomic E-state index is 0.703. The van der Waals surface area contributed by atoms with Crippen LogP contribution in [0.2, 0.25) is 0 Å². The Morgan fingerprint density at radius 2 is 1.92 bits per heavy atom. The van der Waals surface area contributed by atoms with E-state index in [0.29, 0.717) is 5.78 Å². The van der Waals surface area contributed by atoms with Crippen LogP contribution in [0, 0.1) is 6.92 Å². The number of thiophene rings is 1. The van der Waals surface area contributed by atoms with Crippen LogP contribution < -0.4 is 9.47 Å². The van der Waals surface area contributed by atoms with E-state index in [0.717, 1.165) is 33.5 Å². The Morgan fingerprint density at radius 3 is 2.71 bits per heavy atom. The molecule has 0 saturated carbocycles. The lowest BCUT2D eigenvalue weighted by atomic mass is 10.2. The fourth-order valence-electron chi connectivity index (χ4n) is 2.60. The van der Waals surface area contributed by atoms with Crippen molar-refractivity contribution < 1.29 is 9.47 Å². The van der Waals surface area contributed by atoms with Gasteiger partial charge >= 0.3 is 0 Å². The molecule has 0 radical (unpaired) electrons. The summed E-state index contributed by atoms with van der Waals surface area (Å²) < 4.78 is 13.1. The molecule has 0 bridgehead atoms. The summed E-state index contributed by atoms with van der Waals surface area (Å²) in [5, 5.41) is 2.90. The van der Waals surface area contributed by atoms with Crippen LogP contribution in [-0.4, -0.2) is 21.5 Å². The highest BCUT2D eigenvalue weighted by atomic mass is 32.1. The second-order valence-electron chi connectivity index (χ2n) is 5.27. The van der Waals surface area contributed by atoms with Crippen molar-refractivity contribution in [1.82, 2.24) is 14.4 Å². The van der Waals surface area contributed by atoms with Gasteiger partial charge in [0.05, 0.1) is 18.5 Å². The number of aryl methyl sites for hydroxylation is 1. The predicted octanol–water partition coefficient (Wildman–Crippen LogP) is 4.57. The van der Waals surface area contributed by atoms with Crippen LogP contribution in [0.15, 0.2) is 54.2 Å². The fourth-order valence-corrected chi connectivity index (χ4v) is 3.36. The Balaban J connectivity index is 1.65. The summed E-state index contributed by atoms with van der Waals surface area (Å²) in [6.07, 6.45) is 3.72. The second kappa shape index (κ2) is 5.98. The number of rotatable bonds is 4. The van der Waals surface area contributed by atoms with Crippen molar-refractivity contribution in [3.8, 4) is 27.8 Å². The van der Waals surface area contributed by atoms with Crippen molar-refractivity contribution in [2.75, 3.05) is 7.11 Å². The van der Waals surface area contributed by atoms with Crippen LogP contribution >= 0.6 is 11.3 Å². The van der Waals surface area contributed by atoms with Crippen molar-refractivity contribution in [3.63, 3.8) is 0 Å². The van der Waals surface area contributed by atoms with Crippen molar-refractivity contribution in [2.45, 2.75) is 6.92 Å². The number of benzene rings is 1. The summed E-state index contributed by atoms with van der Waals surface area (Å²) in [6.45, 7) is 1.99. The van der Waals surface area contributed by atoms with Gasteiger partial charge in [0.1, 0.15) is 11.5 Å². The van der Waals surface area contributed by atoms with Gasteiger partial charge in [0.25, 0.3) is 0 Å². The lowest BCUT2D eigenvalue weighted by Gasteiger charge is -2.04. The van der Waals surface area contributed by atoms with Crippen LogP contribution in [-0.2, 0) is 0 Å². The number of ether oxygens (including phenoxy) is 2. The number of nitrogens with zero attached hydrogens (tertiary/aromatic N) is 3. The minimum absolute atomic E-state index is 0.703. The zero-order valence-corrected chi connectivity index (χ0v) is 14.1. The first-order valence-electron chi connectivity index (χ1n) is 7.45. The van der Waals surface area contributed by atoms with Gasteiger partial charge in [0.2, 0.25) is 5.78 Å². The van der Waals surface area contributed by atoms with E-state index in [1.807, 2.05) is 53.9 Å². The maximum Gasteiger partial charge on any atom is 0.234 e. The molecule has 0 spiro atoms. The first-order chi connectivity index (χ1) is 11.7. The summed E-state index contributed by atoms with van der Waals surface area (Å²) in [5.74, 6) is 2.29. The molecular formula is C18H15N3O2S. The van der Waals surface area contributed by atoms with Gasteiger partial charge in [-0.3, -0.25) is 4.40 Å². The van der Waals surface area contributed by atoms with E-state index in [2.05, 4.69) is 15.3 Å². The van der Waals surface area contributed by atoms with Crippen LogP contribution in [0.5, 0.6) is 16.6 Å². The number of fused-ring (bicyclic) bond motifs is 1. The quantitative estimate of drug-likeness (QED) is 0.547. The molecule has 5 nitrogen and oxygen atoms in total. The third-order valence-electron chi connectivity index (χ3n) is 3.70. The lowest BCUT2D eigenvalue weighted by Crippen LogP contribution is -1.89. The van der Waals surface area contributed by atoms with E-state index in [4.69, 9.17) is 9.47 Å². The molecule has 24 heavy (non-hydrogen) atoms. The van der Waals surface area contributed by atoms with Crippen molar-refractivity contribution in [1.29, 1.82) is 0 Å². The van der Waals surface area contributed by atoms with Gasteiger partial charge in [0, 0.05) is 29.4 Å². The Bertz CT molecular complexity index is 989. The molecule has 1 aromatic carbocycles. The van der Waals surface area contributed by atoms with E-state index in [9.17, 15) is 0 Å². The van der Waals surface area contributed by atoms with Crippen LogP contribution in [0.25, 0.3) is 17.0 Å². The zero-order valence-electron chi connectivity index (χ0n) is 13.3. The number of hydrogen-bond donors (Lipinski definition) is 0. The number of imidazole rings is 1. The van der Waals surface area contributed by atoms with E-state index >= 15 is 0 Å². The van der Waals surface area contributed by atoms with Gasteiger partial charge in [-0.2, -0.15) is 0 Å². The van der Waals surface area contributed by atoms with Crippen LogP contribution in [0.4, 0.5) is 0 Å². The molecule has 0 aliphatic carbocycles. The molecule has 0 aliphatic rings. The monoisotopic (exact) mass is 337 g/mol. The molecule has 4 aromatic rings. The molecule has 0 aliphatic heterocycles. The highest BCUT2D eigenvalue weighted by molar-refractivity contribution is 7.12. The summed E-state index contributed by atoms with van der Waals surface area (Å²) >= 11 is 1.55. The average Bonchev–Trinajstić information content (AvgIpc) is 3.18. The highest BCUT2D eigenvalue weighted by Gasteiger charge is 2.13. The Kier molecular flexibility index (Phi) is 3.66. The lowest BCUT2D eigenvalue weighted by molar-refractivity contribution is 0.413. The fraction of sp³-hybridized carbons (Fsp3) is 0.111. The molecule has 3 heterocycles. The van der Waals surface area contributed by atoms with Gasteiger partial charge in [-0.05, 0) is 37.3 Å². The van der Waals surface area contributed by atoms with Crippen LogP contribution in [0.3, 0.4) is 0 Å². The van der Waals surface area contributed by atoms with E-state index in [1.54, 1.807) is 24.6 Å². The van der Waals surface area contributed by atoms with Crippen molar-refractivity contribution in [2.24, 2.45) is 0 Å². The van der Waals surface area contributed by atoms with Crippen molar-refractivity contribution >= 4 is 17.1 Å². The van der Waals surface area contributed by atoms with Gasteiger partial charge in [-0.25, -0.2) is 9.97 Å². The first kappa shape index (κ1) is 14.7. The molecule has 0 amide bonds. The smallest absolute Gasteiger partial charge is 0.234 e. The Hall–Kier alpha value is -2.86. The maximum atomic E-state index is 5.93. The number of methoxy groups -OCH3 is 1. The van der Waals surface area contributed by atoms with E-state index in [1.165, 1.54) is 0 Å². The van der Waals surface area contributed by atoms with Gasteiger partial charge in [-0.15, -0.1) is 11.3 Å².